The Kier molecular flexibility index (Phi) is 6.43. The lowest BCUT2D eigenvalue weighted by atomic mass is 9.98. The Hall–Kier alpha value is -3.65. The number of hydrogen-bond donors (Lipinski definition) is 0. The zero-order valence-corrected chi connectivity index (χ0v) is 19.1. The third kappa shape index (κ3) is 4.68. The quantitative estimate of drug-likeness (QED) is 0.270. The van der Waals surface area contributed by atoms with Gasteiger partial charge >= 0.3 is 5.97 Å². The molecule has 34 heavy (non-hydrogen) atoms. The molecule has 3 aromatic rings. The number of nitro groups is 1. The molecule has 14 heteroatoms. The van der Waals surface area contributed by atoms with Crippen LogP contribution in [-0.4, -0.2) is 52.1 Å². The van der Waals surface area contributed by atoms with Gasteiger partial charge in [0.05, 0.1) is 10.8 Å². The molecule has 1 fully saturated rings. The second-order valence-corrected chi connectivity index (χ2v) is 9.62. The molecule has 1 aromatic carbocycles. The number of aryl methyl sites for hydroxylation is 2. The monoisotopic (exact) mass is 491 g/mol. The molecular weight excluding hydrogens is 470 g/mol. The number of rotatable bonds is 7. The molecule has 0 atom stereocenters. The van der Waals surface area contributed by atoms with E-state index in [1.54, 1.807) is 13.8 Å². The first-order valence-corrected chi connectivity index (χ1v) is 11.8. The smallest absolute Gasteiger partial charge is 0.309 e. The number of non-ortho nitro benzene ring substituents is 1. The van der Waals surface area contributed by atoms with Crippen molar-refractivity contribution in [3.05, 3.63) is 51.7 Å². The van der Waals surface area contributed by atoms with Gasteiger partial charge in [0, 0.05) is 30.8 Å². The third-order valence-electron chi connectivity index (χ3n) is 5.48. The van der Waals surface area contributed by atoms with E-state index >= 15 is 0 Å². The van der Waals surface area contributed by atoms with Crippen LogP contribution >= 0.6 is 0 Å². The highest BCUT2D eigenvalue weighted by atomic mass is 32.2. The summed E-state index contributed by atoms with van der Waals surface area (Å²) < 4.78 is 42.8. The number of nitrogens with zero attached hydrogens (tertiary/aromatic N) is 5. The van der Waals surface area contributed by atoms with E-state index in [1.807, 2.05) is 0 Å². The fourth-order valence-corrected chi connectivity index (χ4v) is 5.47. The van der Waals surface area contributed by atoms with Crippen LogP contribution in [0, 0.1) is 29.9 Å². The van der Waals surface area contributed by atoms with Crippen LogP contribution in [0.1, 0.15) is 30.2 Å². The van der Waals surface area contributed by atoms with E-state index in [9.17, 15) is 23.3 Å². The Bertz CT molecular complexity index is 1290. The number of ether oxygens (including phenoxy) is 1. The topological polar surface area (TPSA) is 172 Å². The molecule has 0 N–H and O–H groups in total. The van der Waals surface area contributed by atoms with E-state index < -0.39 is 26.8 Å². The Morgan fingerprint density at radius 2 is 1.88 bits per heavy atom. The normalized spacial score (nSPS) is 15.4. The van der Waals surface area contributed by atoms with E-state index in [4.69, 9.17) is 13.7 Å². The van der Waals surface area contributed by atoms with Crippen LogP contribution in [0.5, 0.6) is 0 Å². The van der Waals surface area contributed by atoms with Gasteiger partial charge in [0.2, 0.25) is 15.9 Å². The van der Waals surface area contributed by atoms with Gasteiger partial charge in [-0.25, -0.2) is 8.42 Å². The van der Waals surface area contributed by atoms with Crippen LogP contribution in [0.3, 0.4) is 0 Å². The lowest BCUT2D eigenvalue weighted by Crippen LogP contribution is -2.40. The Labute approximate surface area is 193 Å². The van der Waals surface area contributed by atoms with Crippen molar-refractivity contribution >= 4 is 21.7 Å². The largest absolute Gasteiger partial charge is 0.455 e. The van der Waals surface area contributed by atoms with Gasteiger partial charge in [-0.15, -0.1) is 10.2 Å². The molecule has 0 saturated carbocycles. The maximum atomic E-state index is 12.9. The van der Waals surface area contributed by atoms with Gasteiger partial charge in [0.15, 0.2) is 12.4 Å². The SMILES string of the molecule is Cc1noc(C)c1S(=O)(=O)N1CCC(C(=O)OCc2nnc(-c3ccc([N+](=O)[O-])cc3)o2)CC1. The second kappa shape index (κ2) is 9.30. The van der Waals surface area contributed by atoms with E-state index in [0.29, 0.717) is 24.1 Å². The number of hydrogen-bond acceptors (Lipinski definition) is 11. The average molecular weight is 491 g/mol. The summed E-state index contributed by atoms with van der Waals surface area (Å²) in [5, 5.41) is 22.1. The number of sulfonamides is 1. The summed E-state index contributed by atoms with van der Waals surface area (Å²) in [5.41, 5.74) is 0.720. The fraction of sp³-hybridized carbons (Fsp3) is 0.400. The van der Waals surface area contributed by atoms with Crippen LogP contribution in [0.2, 0.25) is 0 Å². The third-order valence-corrected chi connectivity index (χ3v) is 7.63. The Morgan fingerprint density at radius 3 is 2.47 bits per heavy atom. The Balaban J connectivity index is 1.31. The zero-order chi connectivity index (χ0) is 24.5. The van der Waals surface area contributed by atoms with Gasteiger partial charge in [-0.3, -0.25) is 14.9 Å². The van der Waals surface area contributed by atoms with E-state index in [-0.39, 0.29) is 47.8 Å². The number of benzene rings is 1. The number of nitro benzene ring substituents is 1. The van der Waals surface area contributed by atoms with Gasteiger partial charge in [0.1, 0.15) is 10.6 Å². The minimum Gasteiger partial charge on any atom is -0.455 e. The Morgan fingerprint density at radius 1 is 1.21 bits per heavy atom. The zero-order valence-electron chi connectivity index (χ0n) is 18.3. The van der Waals surface area contributed by atoms with Crippen molar-refractivity contribution in [3.8, 4) is 11.5 Å². The molecule has 3 heterocycles. The lowest BCUT2D eigenvalue weighted by Gasteiger charge is -2.29. The predicted molar refractivity (Wildman–Crippen MR) is 114 cm³/mol. The van der Waals surface area contributed by atoms with Crippen LogP contribution in [-0.2, 0) is 26.2 Å². The van der Waals surface area contributed by atoms with E-state index in [1.165, 1.54) is 28.6 Å². The number of aromatic nitrogens is 3. The molecule has 0 bridgehead atoms. The highest BCUT2D eigenvalue weighted by Crippen LogP contribution is 2.28. The molecule has 0 amide bonds. The van der Waals surface area contributed by atoms with Gasteiger partial charge in [-0.2, -0.15) is 4.31 Å². The molecule has 0 spiro atoms. The first-order valence-electron chi connectivity index (χ1n) is 10.3. The summed E-state index contributed by atoms with van der Waals surface area (Å²) >= 11 is 0. The summed E-state index contributed by atoms with van der Waals surface area (Å²) in [7, 11) is -3.76. The van der Waals surface area contributed by atoms with Crippen molar-refractivity contribution in [1.82, 2.24) is 19.7 Å². The molecule has 0 radical (unpaired) electrons. The van der Waals surface area contributed by atoms with Crippen LogP contribution < -0.4 is 0 Å². The van der Waals surface area contributed by atoms with Crippen LogP contribution in [0.25, 0.3) is 11.5 Å². The maximum Gasteiger partial charge on any atom is 0.309 e. The summed E-state index contributed by atoms with van der Waals surface area (Å²) in [5.74, 6) is -0.511. The number of piperidine rings is 1. The van der Waals surface area contributed by atoms with Gasteiger partial charge < -0.3 is 13.7 Å². The van der Waals surface area contributed by atoms with Crippen molar-refractivity contribution in [3.63, 3.8) is 0 Å². The van der Waals surface area contributed by atoms with Crippen molar-refractivity contribution < 1.29 is 31.8 Å². The van der Waals surface area contributed by atoms with Gasteiger partial charge in [0.25, 0.3) is 11.6 Å². The first-order chi connectivity index (χ1) is 16.2. The standard InChI is InChI=1S/C20H21N5O8S/c1-12-18(13(2)33-23-12)34(29,30)24-9-7-15(8-10-24)20(26)31-11-17-21-22-19(32-17)14-3-5-16(6-4-14)25(27)28/h3-6,15H,7-11H2,1-2H3. The molecule has 13 nitrogen and oxygen atoms in total. The second-order valence-electron chi connectivity index (χ2n) is 7.74. The van der Waals surface area contributed by atoms with Crippen molar-refractivity contribution in [1.29, 1.82) is 0 Å². The lowest BCUT2D eigenvalue weighted by molar-refractivity contribution is -0.384. The minimum atomic E-state index is -3.76. The first kappa shape index (κ1) is 23.5. The van der Waals surface area contributed by atoms with E-state index in [2.05, 4.69) is 15.4 Å². The van der Waals surface area contributed by atoms with E-state index in [0.717, 1.165) is 0 Å². The van der Waals surface area contributed by atoms with Gasteiger partial charge in [-0.1, -0.05) is 5.16 Å². The summed E-state index contributed by atoms with van der Waals surface area (Å²) in [6.07, 6.45) is 0.610. The molecular formula is C20H21N5O8S. The molecule has 2 aromatic heterocycles. The molecule has 4 rings (SSSR count). The minimum absolute atomic E-state index is 0.0637. The van der Waals surface area contributed by atoms with Gasteiger partial charge in [-0.05, 0) is 38.8 Å². The van der Waals surface area contributed by atoms with Crippen molar-refractivity contribution in [2.75, 3.05) is 13.1 Å². The highest BCUT2D eigenvalue weighted by Gasteiger charge is 2.36. The predicted octanol–water partition coefficient (Wildman–Crippen LogP) is 2.39. The summed E-state index contributed by atoms with van der Waals surface area (Å²) in [6, 6.07) is 5.59. The van der Waals surface area contributed by atoms with Crippen molar-refractivity contribution in [2.24, 2.45) is 5.92 Å². The number of esters is 1. The molecule has 0 unspecified atom stereocenters. The number of carbonyl (C=O) groups excluding carboxylic acids is 1. The molecule has 0 aliphatic carbocycles. The molecule has 1 saturated heterocycles. The highest BCUT2D eigenvalue weighted by molar-refractivity contribution is 7.89. The number of carbonyl (C=O) groups is 1. The maximum absolute atomic E-state index is 12.9. The summed E-state index contributed by atoms with van der Waals surface area (Å²) in [4.78, 5) is 22.8. The molecule has 1 aliphatic rings. The average Bonchev–Trinajstić information content (AvgIpc) is 3.44. The fourth-order valence-electron chi connectivity index (χ4n) is 3.71. The van der Waals surface area contributed by atoms with Crippen molar-refractivity contribution in [2.45, 2.75) is 38.2 Å². The van der Waals surface area contributed by atoms with Crippen LogP contribution in [0.15, 0.2) is 38.1 Å². The molecule has 1 aliphatic heterocycles. The summed E-state index contributed by atoms with van der Waals surface area (Å²) in [6.45, 7) is 3.20. The molecule has 180 valence electrons. The van der Waals surface area contributed by atoms with Crippen LogP contribution in [0.4, 0.5) is 5.69 Å².